The van der Waals surface area contributed by atoms with Crippen LogP contribution in [0.4, 0.5) is 24.8 Å². The third-order valence-corrected chi connectivity index (χ3v) is 8.73. The highest BCUT2D eigenvalue weighted by Crippen LogP contribution is 2.43. The van der Waals surface area contributed by atoms with Gasteiger partial charge in [-0.15, -0.1) is 0 Å². The van der Waals surface area contributed by atoms with E-state index in [0.717, 1.165) is 25.0 Å². The summed E-state index contributed by atoms with van der Waals surface area (Å²) in [6.45, 7) is 0.438. The largest absolute Gasteiger partial charge is 0.612 e. The van der Waals surface area contributed by atoms with Crippen LogP contribution in [0.25, 0.3) is 0 Å². The summed E-state index contributed by atoms with van der Waals surface area (Å²) >= 11 is -1.24. The molecular formula is C29H28F3N5O4S. The minimum Gasteiger partial charge on any atom is -0.612 e. The number of fused-ring (bicyclic) bond motifs is 1. The molecule has 2 aromatic carbocycles. The average Bonchev–Trinajstić information content (AvgIpc) is 3.89. The summed E-state index contributed by atoms with van der Waals surface area (Å²) in [5, 5.41) is 13.3. The van der Waals surface area contributed by atoms with E-state index >= 15 is 0 Å². The van der Waals surface area contributed by atoms with Crippen LogP contribution in [0.15, 0.2) is 59.8 Å². The second-order valence-electron chi connectivity index (χ2n) is 11.0. The Kier molecular flexibility index (Phi) is 7.14. The molecule has 2 heterocycles. The first-order chi connectivity index (χ1) is 19.9. The number of aliphatic hydroxyl groups is 1. The third kappa shape index (κ3) is 5.68. The van der Waals surface area contributed by atoms with Gasteiger partial charge in [0.25, 0.3) is 11.8 Å². The monoisotopic (exact) mass is 599 g/mol. The maximum absolute atomic E-state index is 13.5. The number of nitrogens with one attached hydrogen (secondary N) is 1. The van der Waals surface area contributed by atoms with Crippen molar-refractivity contribution in [2.45, 2.75) is 67.5 Å². The summed E-state index contributed by atoms with van der Waals surface area (Å²) in [7, 11) is 0. The molecule has 6 rings (SSSR count). The minimum atomic E-state index is -4.40. The number of benzene rings is 2. The van der Waals surface area contributed by atoms with Crippen LogP contribution in [0.2, 0.25) is 0 Å². The summed E-state index contributed by atoms with van der Waals surface area (Å²) in [6, 6.07) is 9.23. The lowest BCUT2D eigenvalue weighted by molar-refractivity contribution is -0.148. The molecule has 3 aliphatic rings. The zero-order valence-corrected chi connectivity index (χ0v) is 23.4. The molecule has 2 saturated carbocycles. The fourth-order valence-electron chi connectivity index (χ4n) is 5.17. The minimum absolute atomic E-state index is 0.106. The number of rotatable bonds is 8. The van der Waals surface area contributed by atoms with Crippen molar-refractivity contribution in [2.24, 2.45) is 0 Å². The number of anilines is 2. The number of alkyl halides is 3. The molecule has 0 saturated heterocycles. The fourth-order valence-corrected chi connectivity index (χ4v) is 5.74. The Morgan fingerprint density at radius 3 is 2.38 bits per heavy atom. The standard InChI is InChI=1S/C29H28F3N5O4S/c1-42(41)22-8-9-23-18(12-22)16-37(26(39)28(40)10-11-28)24(23)25(38)35-20-13-33-27(34-14-20)36(21-6-7-21)15-17-2-4-19(5-3-17)29(30,31)32/h2-5,8-9,12-14,21,24,40H,6-7,10-11,15-16H2,1H3,(H,35,38). The Morgan fingerprint density at radius 1 is 1.14 bits per heavy atom. The van der Waals surface area contributed by atoms with E-state index in [0.29, 0.717) is 52.6 Å². The van der Waals surface area contributed by atoms with Crippen molar-refractivity contribution in [3.05, 3.63) is 77.1 Å². The molecule has 1 aromatic heterocycles. The lowest BCUT2D eigenvalue weighted by Gasteiger charge is -2.26. The molecule has 2 fully saturated rings. The van der Waals surface area contributed by atoms with Gasteiger partial charge in [-0.3, -0.25) is 9.59 Å². The van der Waals surface area contributed by atoms with Gasteiger partial charge in [0.2, 0.25) is 5.95 Å². The van der Waals surface area contributed by atoms with E-state index in [1.807, 2.05) is 4.90 Å². The van der Waals surface area contributed by atoms with Crippen molar-refractivity contribution in [1.82, 2.24) is 14.9 Å². The first-order valence-corrected chi connectivity index (χ1v) is 15.0. The van der Waals surface area contributed by atoms with Gasteiger partial charge >= 0.3 is 6.18 Å². The van der Waals surface area contributed by atoms with Gasteiger partial charge in [0.15, 0.2) is 4.90 Å². The molecule has 2 atom stereocenters. The van der Waals surface area contributed by atoms with Gasteiger partial charge in [-0.2, -0.15) is 13.2 Å². The zero-order chi connectivity index (χ0) is 29.8. The summed E-state index contributed by atoms with van der Waals surface area (Å²) in [5.41, 5.74) is 0.0850. The highest BCUT2D eigenvalue weighted by atomic mass is 32.2. The molecule has 2 amide bonds. The number of hydrogen-bond acceptors (Lipinski definition) is 7. The van der Waals surface area contributed by atoms with Gasteiger partial charge in [0.1, 0.15) is 17.9 Å². The van der Waals surface area contributed by atoms with E-state index in [4.69, 9.17) is 0 Å². The first kappa shape index (κ1) is 28.4. The second kappa shape index (κ2) is 10.5. The molecule has 13 heteroatoms. The number of nitrogens with zero attached hydrogens (tertiary/aromatic N) is 4. The normalized spacial score (nSPS) is 19.7. The van der Waals surface area contributed by atoms with Crippen LogP contribution < -0.4 is 10.2 Å². The van der Waals surface area contributed by atoms with Crippen molar-refractivity contribution in [1.29, 1.82) is 0 Å². The molecule has 2 N–H and O–H groups in total. The Balaban J connectivity index is 1.19. The zero-order valence-electron chi connectivity index (χ0n) is 22.6. The Morgan fingerprint density at radius 2 is 1.81 bits per heavy atom. The number of hydrogen-bond donors (Lipinski definition) is 2. The van der Waals surface area contributed by atoms with E-state index in [1.165, 1.54) is 29.4 Å². The van der Waals surface area contributed by atoms with Gasteiger partial charge < -0.3 is 24.8 Å². The maximum atomic E-state index is 13.5. The molecule has 220 valence electrons. The van der Waals surface area contributed by atoms with Crippen molar-refractivity contribution >= 4 is 34.6 Å². The SMILES string of the molecule is C[S+]([O-])c1ccc2c(c1)CN(C(=O)C1(O)CC1)C2C(=O)Nc1cnc(N(Cc2ccc(C(F)(F)F)cc2)C2CC2)nc1. The number of aromatic nitrogens is 2. The molecule has 42 heavy (non-hydrogen) atoms. The van der Waals surface area contributed by atoms with E-state index in [1.54, 1.807) is 24.5 Å². The van der Waals surface area contributed by atoms with Gasteiger partial charge in [-0.05, 0) is 77.8 Å². The highest BCUT2D eigenvalue weighted by Gasteiger charge is 2.54. The Bertz CT molecular complexity index is 1510. The number of carbonyl (C=O) groups excluding carboxylic acids is 2. The quantitative estimate of drug-likeness (QED) is 0.376. The predicted molar refractivity (Wildman–Crippen MR) is 148 cm³/mol. The van der Waals surface area contributed by atoms with Crippen LogP contribution in [0.3, 0.4) is 0 Å². The Hall–Kier alpha value is -3.68. The van der Waals surface area contributed by atoms with Crippen LogP contribution in [0, 0.1) is 0 Å². The molecule has 2 unspecified atom stereocenters. The van der Waals surface area contributed by atoms with E-state index in [9.17, 15) is 32.4 Å². The molecular weight excluding hydrogens is 571 g/mol. The molecule has 1 aliphatic heterocycles. The third-order valence-electron chi connectivity index (χ3n) is 7.81. The lowest BCUT2D eigenvalue weighted by atomic mass is 10.0. The second-order valence-corrected chi connectivity index (χ2v) is 12.4. The topological polar surface area (TPSA) is 122 Å². The molecule has 0 bridgehead atoms. The van der Waals surface area contributed by atoms with Crippen LogP contribution in [0.5, 0.6) is 0 Å². The Labute approximate surface area is 242 Å². The molecule has 9 nitrogen and oxygen atoms in total. The molecule has 2 aliphatic carbocycles. The van der Waals surface area contributed by atoms with Crippen LogP contribution in [-0.2, 0) is 40.0 Å². The number of carbonyl (C=O) groups is 2. The summed E-state index contributed by atoms with van der Waals surface area (Å²) in [4.78, 5) is 39.4. The highest BCUT2D eigenvalue weighted by molar-refractivity contribution is 7.90. The first-order valence-electron chi connectivity index (χ1n) is 13.5. The van der Waals surface area contributed by atoms with Crippen LogP contribution in [0.1, 0.15) is 54.0 Å². The van der Waals surface area contributed by atoms with Crippen molar-refractivity contribution in [3.8, 4) is 0 Å². The summed E-state index contributed by atoms with van der Waals surface area (Å²) in [6.07, 6.45) is 2.52. The van der Waals surface area contributed by atoms with E-state index < -0.39 is 46.4 Å². The summed E-state index contributed by atoms with van der Waals surface area (Å²) in [5.74, 6) is -0.640. The number of halogens is 3. The molecule has 0 spiro atoms. The number of amides is 2. The fraction of sp³-hybridized carbons (Fsp3) is 0.379. The predicted octanol–water partition coefficient (Wildman–Crippen LogP) is 3.95. The average molecular weight is 600 g/mol. The van der Waals surface area contributed by atoms with Crippen LogP contribution in [-0.4, -0.2) is 54.2 Å². The maximum Gasteiger partial charge on any atom is 0.416 e. The molecule has 0 radical (unpaired) electrons. The van der Waals surface area contributed by atoms with Crippen molar-refractivity contribution < 1.29 is 32.4 Å². The van der Waals surface area contributed by atoms with Gasteiger partial charge in [0.05, 0.1) is 23.6 Å². The molecule has 3 aromatic rings. The van der Waals surface area contributed by atoms with Gasteiger partial charge in [-0.25, -0.2) is 9.97 Å². The van der Waals surface area contributed by atoms with Crippen molar-refractivity contribution in [3.63, 3.8) is 0 Å². The van der Waals surface area contributed by atoms with Gasteiger partial charge in [0, 0.05) is 19.1 Å². The summed E-state index contributed by atoms with van der Waals surface area (Å²) < 4.78 is 50.8. The van der Waals surface area contributed by atoms with E-state index in [-0.39, 0.29) is 12.6 Å². The smallest absolute Gasteiger partial charge is 0.416 e. The van der Waals surface area contributed by atoms with E-state index in [2.05, 4.69) is 15.3 Å². The van der Waals surface area contributed by atoms with Crippen LogP contribution >= 0.6 is 0 Å². The lowest BCUT2D eigenvalue weighted by Crippen LogP contribution is -2.43. The van der Waals surface area contributed by atoms with Crippen molar-refractivity contribution in [2.75, 3.05) is 16.5 Å². The van der Waals surface area contributed by atoms with Gasteiger partial charge in [-0.1, -0.05) is 18.2 Å².